The maximum Gasteiger partial charge on any atom is 0.255 e. The smallest absolute Gasteiger partial charge is 0.255 e. The third-order valence-electron chi connectivity index (χ3n) is 5.08. The van der Waals surface area contributed by atoms with Crippen LogP contribution in [0.1, 0.15) is 28.8 Å². The molecule has 7 nitrogen and oxygen atoms in total. The van der Waals surface area contributed by atoms with Crippen LogP contribution in [0.4, 0.5) is 17.2 Å². The lowest BCUT2D eigenvalue weighted by Gasteiger charge is -2.16. The minimum absolute atomic E-state index is 0.292. The summed E-state index contributed by atoms with van der Waals surface area (Å²) in [5.74, 6) is 0.623. The van der Waals surface area contributed by atoms with E-state index in [1.54, 1.807) is 30.5 Å². The summed E-state index contributed by atoms with van der Waals surface area (Å²) in [6.45, 7) is 2.02. The quantitative estimate of drug-likeness (QED) is 0.561. The van der Waals surface area contributed by atoms with E-state index in [-0.39, 0.29) is 5.91 Å². The molecule has 3 aromatic rings. The highest BCUT2D eigenvalue weighted by Crippen LogP contribution is 2.20. The number of hydrogen-bond acceptors (Lipinski definition) is 5. The highest BCUT2D eigenvalue weighted by atomic mass is 32.2. The van der Waals surface area contributed by atoms with Gasteiger partial charge in [0.1, 0.15) is 5.82 Å². The zero-order valence-corrected chi connectivity index (χ0v) is 18.3. The predicted molar refractivity (Wildman–Crippen MR) is 128 cm³/mol. The van der Waals surface area contributed by atoms with Gasteiger partial charge >= 0.3 is 0 Å². The van der Waals surface area contributed by atoms with E-state index in [1.165, 1.54) is 18.9 Å². The van der Waals surface area contributed by atoms with E-state index in [4.69, 9.17) is 0 Å². The van der Waals surface area contributed by atoms with E-state index in [9.17, 15) is 13.2 Å². The van der Waals surface area contributed by atoms with E-state index in [2.05, 4.69) is 19.9 Å². The van der Waals surface area contributed by atoms with Crippen molar-refractivity contribution in [2.45, 2.75) is 12.8 Å². The topological polar surface area (TPSA) is 91.4 Å². The van der Waals surface area contributed by atoms with Gasteiger partial charge in [0.15, 0.2) is 0 Å². The fraction of sp³-hybridized carbons (Fsp3) is 0.167. The first-order valence-electron chi connectivity index (χ1n) is 10.4. The van der Waals surface area contributed by atoms with Crippen LogP contribution in [0.2, 0.25) is 0 Å². The van der Waals surface area contributed by atoms with Gasteiger partial charge in [0, 0.05) is 24.3 Å². The SMILES string of the molecule is O=C(Nc1ccc(N2CCCC2)nc1)c1ccc(NS(=O)(=O)/C=C/c2ccccc2)cc1. The molecule has 1 aliphatic heterocycles. The molecule has 4 rings (SSSR count). The van der Waals surface area contributed by atoms with Gasteiger partial charge in [-0.05, 0) is 60.9 Å². The summed E-state index contributed by atoms with van der Waals surface area (Å²) in [5, 5.41) is 3.93. The van der Waals surface area contributed by atoms with Crippen molar-refractivity contribution in [3.8, 4) is 0 Å². The number of benzene rings is 2. The normalized spacial score (nSPS) is 13.9. The number of aromatic nitrogens is 1. The summed E-state index contributed by atoms with van der Waals surface area (Å²) in [5.41, 5.74) is 2.17. The average Bonchev–Trinajstić information content (AvgIpc) is 3.34. The molecule has 2 N–H and O–H groups in total. The Morgan fingerprint density at radius 1 is 0.906 bits per heavy atom. The molecular formula is C24H24N4O3S. The fourth-order valence-electron chi connectivity index (χ4n) is 3.42. The first kappa shape index (κ1) is 21.6. The van der Waals surface area contributed by atoms with Crippen LogP contribution in [0, 0.1) is 0 Å². The van der Waals surface area contributed by atoms with Crippen molar-refractivity contribution in [3.05, 3.63) is 89.5 Å². The summed E-state index contributed by atoms with van der Waals surface area (Å²) in [4.78, 5) is 19.2. The standard InChI is InChI=1S/C24H24N4O3S/c29-24(26-22-12-13-23(25-18-22)28-15-4-5-16-28)20-8-10-21(11-9-20)27-32(30,31)17-14-19-6-2-1-3-7-19/h1-3,6-14,17-18,27H,4-5,15-16H2,(H,26,29)/b17-14+. The van der Waals surface area contributed by atoms with Gasteiger partial charge in [-0.1, -0.05) is 30.3 Å². The molecule has 8 heteroatoms. The van der Waals surface area contributed by atoms with Crippen molar-refractivity contribution < 1.29 is 13.2 Å². The molecule has 0 radical (unpaired) electrons. The van der Waals surface area contributed by atoms with E-state index in [0.29, 0.717) is 16.9 Å². The zero-order chi connectivity index (χ0) is 22.4. The zero-order valence-electron chi connectivity index (χ0n) is 17.4. The Bertz CT molecular complexity index is 1190. The molecule has 0 bridgehead atoms. The van der Waals surface area contributed by atoms with Crippen LogP contribution in [0.15, 0.2) is 78.3 Å². The van der Waals surface area contributed by atoms with Crippen LogP contribution >= 0.6 is 0 Å². The van der Waals surface area contributed by atoms with Gasteiger partial charge in [-0.2, -0.15) is 0 Å². The van der Waals surface area contributed by atoms with Crippen LogP contribution in [0.5, 0.6) is 0 Å². The van der Waals surface area contributed by atoms with Gasteiger partial charge < -0.3 is 10.2 Å². The molecular weight excluding hydrogens is 424 g/mol. The third kappa shape index (κ3) is 5.73. The third-order valence-corrected chi connectivity index (χ3v) is 6.10. The molecule has 1 amide bonds. The fourth-order valence-corrected chi connectivity index (χ4v) is 4.29. The Morgan fingerprint density at radius 2 is 1.59 bits per heavy atom. The lowest BCUT2D eigenvalue weighted by molar-refractivity contribution is 0.102. The van der Waals surface area contributed by atoms with Crippen LogP contribution in [-0.2, 0) is 10.0 Å². The average molecular weight is 449 g/mol. The molecule has 164 valence electrons. The minimum Gasteiger partial charge on any atom is -0.357 e. The molecule has 2 heterocycles. The van der Waals surface area contributed by atoms with Crippen LogP contribution in [0.25, 0.3) is 6.08 Å². The number of rotatable bonds is 7. The Kier molecular flexibility index (Phi) is 6.51. The molecule has 0 saturated carbocycles. The predicted octanol–water partition coefficient (Wildman–Crippen LogP) is 4.35. The van der Waals surface area contributed by atoms with Crippen LogP contribution in [-0.4, -0.2) is 32.4 Å². The maximum atomic E-state index is 12.5. The highest BCUT2D eigenvalue weighted by molar-refractivity contribution is 7.95. The van der Waals surface area contributed by atoms with Crippen molar-refractivity contribution in [2.75, 3.05) is 28.0 Å². The second kappa shape index (κ2) is 9.65. The van der Waals surface area contributed by atoms with Crippen LogP contribution in [0.3, 0.4) is 0 Å². The van der Waals surface area contributed by atoms with Crippen molar-refractivity contribution in [1.82, 2.24) is 4.98 Å². The van der Waals surface area contributed by atoms with E-state index >= 15 is 0 Å². The second-order valence-electron chi connectivity index (χ2n) is 7.49. The monoisotopic (exact) mass is 448 g/mol. The number of nitrogens with one attached hydrogen (secondary N) is 2. The molecule has 0 aliphatic carbocycles. The summed E-state index contributed by atoms with van der Waals surface area (Å²) in [6.07, 6.45) is 5.52. The van der Waals surface area contributed by atoms with E-state index in [0.717, 1.165) is 29.9 Å². The first-order chi connectivity index (χ1) is 15.5. The first-order valence-corrected chi connectivity index (χ1v) is 11.9. The molecule has 32 heavy (non-hydrogen) atoms. The molecule has 1 fully saturated rings. The number of carbonyl (C=O) groups is 1. The Balaban J connectivity index is 1.35. The number of nitrogens with zero attached hydrogens (tertiary/aromatic N) is 2. The van der Waals surface area contributed by atoms with Gasteiger partial charge in [-0.15, -0.1) is 0 Å². The van der Waals surface area contributed by atoms with Crippen molar-refractivity contribution in [3.63, 3.8) is 0 Å². The highest BCUT2D eigenvalue weighted by Gasteiger charge is 2.14. The maximum absolute atomic E-state index is 12.5. The van der Waals surface area contributed by atoms with Crippen molar-refractivity contribution >= 4 is 39.2 Å². The molecule has 0 unspecified atom stereocenters. The Hall–Kier alpha value is -3.65. The number of carbonyl (C=O) groups excluding carboxylic acids is 1. The largest absolute Gasteiger partial charge is 0.357 e. The molecule has 0 atom stereocenters. The molecule has 1 aliphatic rings. The molecule has 1 saturated heterocycles. The lowest BCUT2D eigenvalue weighted by Crippen LogP contribution is -2.19. The second-order valence-corrected chi connectivity index (χ2v) is 9.06. The number of sulfonamides is 1. The van der Waals surface area contributed by atoms with Crippen molar-refractivity contribution in [1.29, 1.82) is 0 Å². The van der Waals surface area contributed by atoms with E-state index < -0.39 is 10.0 Å². The molecule has 1 aromatic heterocycles. The number of anilines is 3. The van der Waals surface area contributed by atoms with Gasteiger partial charge in [-0.3, -0.25) is 9.52 Å². The lowest BCUT2D eigenvalue weighted by atomic mass is 10.2. The van der Waals surface area contributed by atoms with Crippen LogP contribution < -0.4 is 14.9 Å². The van der Waals surface area contributed by atoms with Gasteiger partial charge in [0.25, 0.3) is 15.9 Å². The molecule has 0 spiro atoms. The molecule has 2 aromatic carbocycles. The van der Waals surface area contributed by atoms with Gasteiger partial charge in [0.2, 0.25) is 0 Å². The summed E-state index contributed by atoms with van der Waals surface area (Å²) < 4.78 is 27.0. The minimum atomic E-state index is -3.67. The number of hydrogen-bond donors (Lipinski definition) is 2. The summed E-state index contributed by atoms with van der Waals surface area (Å²) >= 11 is 0. The summed E-state index contributed by atoms with van der Waals surface area (Å²) in [6, 6.07) is 19.1. The van der Waals surface area contributed by atoms with Gasteiger partial charge in [-0.25, -0.2) is 13.4 Å². The van der Waals surface area contributed by atoms with E-state index in [1.807, 2.05) is 42.5 Å². The number of amides is 1. The Labute approximate surface area is 187 Å². The van der Waals surface area contributed by atoms with Gasteiger partial charge in [0.05, 0.1) is 17.3 Å². The Morgan fingerprint density at radius 3 is 2.25 bits per heavy atom. The number of pyridine rings is 1. The van der Waals surface area contributed by atoms with Crippen molar-refractivity contribution in [2.24, 2.45) is 0 Å². The summed E-state index contributed by atoms with van der Waals surface area (Å²) in [7, 11) is -3.67.